The van der Waals surface area contributed by atoms with E-state index in [4.69, 9.17) is 23.2 Å². The van der Waals surface area contributed by atoms with Crippen LogP contribution in [-0.4, -0.2) is 38.6 Å². The Hall–Kier alpha value is -3.79. The van der Waals surface area contributed by atoms with Crippen LogP contribution in [0, 0.1) is 6.92 Å². The number of carbonyl (C=O) groups excluding carboxylic acids is 3. The quantitative estimate of drug-likeness (QED) is 0.316. The zero-order chi connectivity index (χ0) is 26.8. The lowest BCUT2D eigenvalue weighted by Crippen LogP contribution is -2.46. The molecule has 2 N–H and O–H groups in total. The number of fused-ring (bicyclic) bond motifs is 1. The lowest BCUT2D eigenvalue weighted by atomic mass is 10.0. The van der Waals surface area contributed by atoms with Crippen molar-refractivity contribution in [3.05, 3.63) is 104 Å². The van der Waals surface area contributed by atoms with Crippen LogP contribution in [-0.2, 0) is 17.8 Å². The van der Waals surface area contributed by atoms with Gasteiger partial charge >= 0.3 is 0 Å². The number of pyridine rings is 1. The number of rotatable bonds is 6. The van der Waals surface area contributed by atoms with Gasteiger partial charge in [0.1, 0.15) is 6.04 Å². The lowest BCUT2D eigenvalue weighted by molar-refractivity contribution is -0.120. The van der Waals surface area contributed by atoms with E-state index in [1.807, 2.05) is 13.0 Å². The minimum atomic E-state index is -0.849. The Kier molecular flexibility index (Phi) is 7.42. The van der Waals surface area contributed by atoms with Gasteiger partial charge in [0.05, 0.1) is 21.8 Å². The molecule has 0 bridgehead atoms. The monoisotopic (exact) mass is 565 g/mol. The third kappa shape index (κ3) is 5.55. The summed E-state index contributed by atoms with van der Waals surface area (Å²) in [6.45, 7) is 1.98. The number of nitrogens with zero attached hydrogens (tertiary/aromatic N) is 3. The van der Waals surface area contributed by atoms with Crippen molar-refractivity contribution in [2.45, 2.75) is 25.9 Å². The first-order chi connectivity index (χ1) is 18.3. The van der Waals surface area contributed by atoms with E-state index in [1.54, 1.807) is 60.9 Å². The number of carbonyl (C=O) groups is 3. The molecule has 2 aromatic heterocycles. The smallest absolute Gasteiger partial charge is 0.258 e. The van der Waals surface area contributed by atoms with Gasteiger partial charge in [-0.25, -0.2) is 4.98 Å². The number of hydrogen-bond donors (Lipinski definition) is 2. The third-order valence-electron chi connectivity index (χ3n) is 6.01. The number of benzene rings is 2. The van der Waals surface area contributed by atoms with Gasteiger partial charge in [0.25, 0.3) is 11.8 Å². The third-order valence-corrected chi connectivity index (χ3v) is 7.39. The van der Waals surface area contributed by atoms with E-state index < -0.39 is 6.04 Å². The fourth-order valence-electron chi connectivity index (χ4n) is 4.18. The number of anilines is 2. The number of aromatic nitrogens is 2. The maximum Gasteiger partial charge on any atom is 0.258 e. The van der Waals surface area contributed by atoms with Crippen LogP contribution >= 0.6 is 34.5 Å². The second-order valence-corrected chi connectivity index (χ2v) is 10.8. The second kappa shape index (κ2) is 10.9. The predicted molar refractivity (Wildman–Crippen MR) is 148 cm³/mol. The summed E-state index contributed by atoms with van der Waals surface area (Å²) in [6.07, 6.45) is 3.52. The van der Waals surface area contributed by atoms with Gasteiger partial charge in [0.2, 0.25) is 5.91 Å². The molecule has 0 unspecified atom stereocenters. The number of hydrogen-bond acceptors (Lipinski definition) is 6. The molecular weight excluding hydrogens is 545 g/mol. The van der Waals surface area contributed by atoms with Crippen molar-refractivity contribution in [1.29, 1.82) is 0 Å². The Morgan fingerprint density at radius 2 is 1.95 bits per heavy atom. The fourth-order valence-corrected chi connectivity index (χ4v) is 5.30. The molecule has 0 radical (unpaired) electrons. The minimum Gasteiger partial charge on any atom is -0.323 e. The molecule has 0 aliphatic carbocycles. The molecule has 1 aliphatic heterocycles. The predicted octanol–water partition coefficient (Wildman–Crippen LogP) is 5.61. The minimum absolute atomic E-state index is 0.0825. The van der Waals surface area contributed by atoms with Crippen molar-refractivity contribution in [1.82, 2.24) is 14.9 Å². The molecule has 38 heavy (non-hydrogen) atoms. The number of amides is 3. The Bertz CT molecular complexity index is 1540. The van der Waals surface area contributed by atoms with Gasteiger partial charge in [-0.2, -0.15) is 0 Å². The van der Waals surface area contributed by atoms with Crippen LogP contribution < -0.4 is 10.6 Å². The van der Waals surface area contributed by atoms with Crippen LogP contribution in [0.4, 0.5) is 10.8 Å². The molecule has 3 amide bonds. The summed E-state index contributed by atoms with van der Waals surface area (Å²) in [5.74, 6) is -1.08. The first-order valence-electron chi connectivity index (χ1n) is 11.6. The lowest BCUT2D eigenvalue weighted by Gasteiger charge is -2.29. The average Bonchev–Trinajstić information content (AvgIpc) is 3.27. The van der Waals surface area contributed by atoms with Crippen LogP contribution in [0.3, 0.4) is 0 Å². The Morgan fingerprint density at radius 1 is 1.11 bits per heavy atom. The van der Waals surface area contributed by atoms with Crippen molar-refractivity contribution >= 4 is 63.1 Å². The molecule has 8 nitrogen and oxygen atoms in total. The Morgan fingerprint density at radius 3 is 2.66 bits per heavy atom. The first kappa shape index (κ1) is 25.8. The van der Waals surface area contributed by atoms with E-state index in [9.17, 15) is 14.4 Å². The van der Waals surface area contributed by atoms with Gasteiger partial charge in [0, 0.05) is 41.0 Å². The normalized spacial score (nSPS) is 15.0. The zero-order valence-electron chi connectivity index (χ0n) is 20.1. The van der Waals surface area contributed by atoms with E-state index in [0.717, 1.165) is 4.88 Å². The molecule has 11 heteroatoms. The molecule has 0 fully saturated rings. The molecule has 1 aliphatic rings. The molecule has 5 rings (SSSR count). The van der Waals surface area contributed by atoms with Crippen molar-refractivity contribution in [3.63, 3.8) is 0 Å². The number of thiazole rings is 1. The maximum absolute atomic E-state index is 13.7. The number of halogens is 2. The molecule has 0 saturated heterocycles. The Labute approximate surface area is 232 Å². The summed E-state index contributed by atoms with van der Waals surface area (Å²) in [7, 11) is 0. The molecule has 192 valence electrons. The van der Waals surface area contributed by atoms with Gasteiger partial charge < -0.3 is 10.2 Å². The molecule has 1 atom stereocenters. The molecular formula is C27H21Cl2N5O3S. The van der Waals surface area contributed by atoms with Crippen LogP contribution in [0.25, 0.3) is 0 Å². The summed E-state index contributed by atoms with van der Waals surface area (Å²) in [4.78, 5) is 50.8. The Balaban J connectivity index is 1.45. The highest BCUT2D eigenvalue weighted by Gasteiger charge is 2.36. The van der Waals surface area contributed by atoms with E-state index in [2.05, 4.69) is 20.6 Å². The largest absolute Gasteiger partial charge is 0.323 e. The summed E-state index contributed by atoms with van der Waals surface area (Å²) >= 11 is 14.0. The molecule has 2 aromatic carbocycles. The van der Waals surface area contributed by atoms with E-state index in [-0.39, 0.29) is 41.3 Å². The summed E-state index contributed by atoms with van der Waals surface area (Å²) in [5, 5.41) is 6.68. The van der Waals surface area contributed by atoms with Gasteiger partial charge in [-0.3, -0.25) is 24.7 Å². The van der Waals surface area contributed by atoms with Crippen molar-refractivity contribution in [2.75, 3.05) is 10.6 Å². The molecule has 0 saturated carbocycles. The maximum atomic E-state index is 13.7. The van der Waals surface area contributed by atoms with Gasteiger partial charge in [-0.1, -0.05) is 35.3 Å². The number of nitrogens with one attached hydrogen (secondary N) is 2. The SMILES string of the molecule is Cc1cnc(NC(=O)c2ccc(CN3C(=O)c4ccc(Cl)cc4NC(=O)[C@H]3Cc3ccccn3)cc2Cl)s1. The van der Waals surface area contributed by atoms with Crippen LogP contribution in [0.5, 0.6) is 0 Å². The number of aryl methyl sites for hydroxylation is 1. The highest BCUT2D eigenvalue weighted by Crippen LogP contribution is 2.29. The van der Waals surface area contributed by atoms with Crippen LogP contribution in [0.1, 0.15) is 36.9 Å². The average molecular weight is 566 g/mol. The first-order valence-corrected chi connectivity index (χ1v) is 13.2. The summed E-state index contributed by atoms with van der Waals surface area (Å²) in [6, 6.07) is 14.3. The standard InChI is InChI=1S/C27H21Cl2N5O3S/c1-15-13-31-27(38-15)33-24(35)19-7-5-16(10-21(19)29)14-34-23(12-18-4-2-3-9-30-18)25(36)32-22-11-17(28)6-8-20(22)26(34)37/h2-11,13,23H,12,14H2,1H3,(H,32,36)(H,31,33,35)/t23-/m1/s1. The summed E-state index contributed by atoms with van der Waals surface area (Å²) in [5.41, 5.74) is 2.27. The van der Waals surface area contributed by atoms with Crippen molar-refractivity contribution in [3.8, 4) is 0 Å². The van der Waals surface area contributed by atoms with Gasteiger partial charge in [-0.05, 0) is 55.0 Å². The topological polar surface area (TPSA) is 104 Å². The summed E-state index contributed by atoms with van der Waals surface area (Å²) < 4.78 is 0. The van der Waals surface area contributed by atoms with E-state index in [0.29, 0.717) is 32.7 Å². The van der Waals surface area contributed by atoms with E-state index >= 15 is 0 Å². The van der Waals surface area contributed by atoms with Gasteiger partial charge in [0.15, 0.2) is 5.13 Å². The molecule has 4 aromatic rings. The fraction of sp³-hybridized carbons (Fsp3) is 0.148. The van der Waals surface area contributed by atoms with Gasteiger partial charge in [-0.15, -0.1) is 11.3 Å². The highest BCUT2D eigenvalue weighted by molar-refractivity contribution is 7.15. The van der Waals surface area contributed by atoms with Crippen molar-refractivity contribution in [2.24, 2.45) is 0 Å². The van der Waals surface area contributed by atoms with Crippen LogP contribution in [0.2, 0.25) is 10.0 Å². The van der Waals surface area contributed by atoms with Crippen molar-refractivity contribution < 1.29 is 14.4 Å². The highest BCUT2D eigenvalue weighted by atomic mass is 35.5. The van der Waals surface area contributed by atoms with E-state index in [1.165, 1.54) is 16.2 Å². The molecule has 0 spiro atoms. The van der Waals surface area contributed by atoms with Crippen LogP contribution in [0.15, 0.2) is 67.0 Å². The zero-order valence-corrected chi connectivity index (χ0v) is 22.4. The second-order valence-electron chi connectivity index (χ2n) is 8.70. The molecule has 3 heterocycles.